The molecule has 3 saturated heterocycles. The Kier molecular flexibility index (Phi) is 19.2. The molecule has 15 heteroatoms. The molecule has 0 bridgehead atoms. The molecule has 5 aromatic rings. The lowest BCUT2D eigenvalue weighted by Crippen LogP contribution is -2.63. The highest BCUT2D eigenvalue weighted by Gasteiger charge is 2.55. The van der Waals surface area contributed by atoms with E-state index in [0.29, 0.717) is 13.0 Å². The predicted molar refractivity (Wildman–Crippen MR) is 311 cm³/mol. The fourth-order valence-corrected chi connectivity index (χ4v) is 11.1. The summed E-state index contributed by atoms with van der Waals surface area (Å²) in [5, 5.41) is 0. The predicted octanol–water partition coefficient (Wildman–Crippen LogP) is 11.7. The lowest BCUT2D eigenvalue weighted by Gasteiger charge is -2.47. The zero-order valence-electron chi connectivity index (χ0n) is 47.8. The van der Waals surface area contributed by atoms with Gasteiger partial charge in [0.1, 0.15) is 18.3 Å². The molecule has 5 aromatic carbocycles. The van der Waals surface area contributed by atoms with Crippen LogP contribution in [0.2, 0.25) is 0 Å². The smallest absolute Gasteiger partial charge is 0.410 e. The number of rotatable bonds is 17. The van der Waals surface area contributed by atoms with Crippen molar-refractivity contribution in [3.63, 3.8) is 0 Å². The van der Waals surface area contributed by atoms with Gasteiger partial charge in [-0.2, -0.15) is 0 Å². The second-order valence-corrected chi connectivity index (χ2v) is 23.0. The van der Waals surface area contributed by atoms with Crippen LogP contribution in [-0.4, -0.2) is 128 Å². The Balaban J connectivity index is 0.954. The van der Waals surface area contributed by atoms with Gasteiger partial charge in [0.2, 0.25) is 18.3 Å². The third-order valence-electron chi connectivity index (χ3n) is 15.6. The van der Waals surface area contributed by atoms with Crippen molar-refractivity contribution in [3.05, 3.63) is 196 Å². The number of amides is 1. The van der Waals surface area contributed by atoms with E-state index in [2.05, 4.69) is 56.0 Å². The quantitative estimate of drug-likeness (QED) is 0.0637. The molecule has 0 radical (unpaired) electrons. The van der Waals surface area contributed by atoms with Crippen molar-refractivity contribution in [1.82, 2.24) is 9.80 Å². The SMILES string of the molecule is Cc1cc(/C=C/CCN2CCCC3(CCN(C(=O)OC(C)(C)C)CC3)C2)ccc1CC1=C(C(C)C)CN=C1O[C@@H]1O[C@H](COC(=O)c2ccccc2)[C@@H](OC(=O)c2ccccc2)[C@H](OC(=O)c2ccccc2)[C@H]1OC(=O)c1ccccc1. The minimum atomic E-state index is -1.60. The highest BCUT2D eigenvalue weighted by Crippen LogP contribution is 2.41. The van der Waals surface area contributed by atoms with Crippen LogP contribution in [0.3, 0.4) is 0 Å². The average molecular weight is 1110 g/mol. The first kappa shape index (κ1) is 58.8. The van der Waals surface area contributed by atoms with E-state index < -0.39 is 66.8 Å². The van der Waals surface area contributed by atoms with Gasteiger partial charge < -0.3 is 43.0 Å². The highest BCUT2D eigenvalue weighted by molar-refractivity contribution is 5.97. The summed E-state index contributed by atoms with van der Waals surface area (Å²) in [6.45, 7) is 16.4. The van der Waals surface area contributed by atoms with Gasteiger partial charge >= 0.3 is 30.0 Å². The van der Waals surface area contributed by atoms with E-state index in [0.717, 1.165) is 86.2 Å². The number of hydrogen-bond acceptors (Lipinski definition) is 14. The Morgan fingerprint density at radius 3 is 1.79 bits per heavy atom. The molecule has 0 N–H and O–H groups in total. The van der Waals surface area contributed by atoms with E-state index in [1.807, 2.05) is 25.7 Å². The van der Waals surface area contributed by atoms with E-state index in [9.17, 15) is 24.0 Å². The normalized spacial score (nSPS) is 21.0. The molecule has 0 aromatic heterocycles. The summed E-state index contributed by atoms with van der Waals surface area (Å²) in [6, 6.07) is 39.6. The van der Waals surface area contributed by atoms with Crippen molar-refractivity contribution in [2.75, 3.05) is 45.9 Å². The second-order valence-electron chi connectivity index (χ2n) is 23.0. The molecule has 4 aliphatic heterocycles. The zero-order chi connectivity index (χ0) is 57.8. The first-order valence-electron chi connectivity index (χ1n) is 28.6. The number of esters is 4. The summed E-state index contributed by atoms with van der Waals surface area (Å²) in [6.07, 6.45) is 2.27. The molecule has 4 aliphatic rings. The third-order valence-corrected chi connectivity index (χ3v) is 15.6. The number of carbonyl (C=O) groups excluding carboxylic acids is 5. The molecule has 9 rings (SSSR count). The van der Waals surface area contributed by atoms with Crippen molar-refractivity contribution in [3.8, 4) is 0 Å². The van der Waals surface area contributed by atoms with Gasteiger partial charge in [-0.25, -0.2) is 29.0 Å². The van der Waals surface area contributed by atoms with E-state index >= 15 is 0 Å². The van der Waals surface area contributed by atoms with Gasteiger partial charge in [-0.05, 0) is 148 Å². The van der Waals surface area contributed by atoms with E-state index in [1.54, 1.807) is 121 Å². The van der Waals surface area contributed by atoms with Crippen molar-refractivity contribution in [2.45, 2.75) is 116 Å². The number of hydrogen-bond donors (Lipinski definition) is 0. The average Bonchev–Trinajstić information content (AvgIpc) is 3.60. The lowest BCUT2D eigenvalue weighted by atomic mass is 9.72. The number of carbonyl (C=O) groups is 5. The molecule has 5 atom stereocenters. The third kappa shape index (κ3) is 15.2. The van der Waals surface area contributed by atoms with E-state index in [-0.39, 0.29) is 45.6 Å². The molecule has 4 heterocycles. The Hall–Kier alpha value is -7.88. The van der Waals surface area contributed by atoms with Crippen molar-refractivity contribution < 1.29 is 57.1 Å². The molecule has 0 aliphatic carbocycles. The van der Waals surface area contributed by atoms with Crippen LogP contribution < -0.4 is 0 Å². The fraction of sp³-hybridized carbons (Fsp3) is 0.403. The maximum absolute atomic E-state index is 14.3. The summed E-state index contributed by atoms with van der Waals surface area (Å²) in [7, 11) is 0. The summed E-state index contributed by atoms with van der Waals surface area (Å²) in [4.78, 5) is 78.4. The van der Waals surface area contributed by atoms with Gasteiger partial charge in [-0.1, -0.05) is 117 Å². The molecule has 1 spiro atoms. The number of likely N-dealkylation sites (tertiary alicyclic amines) is 2. The first-order valence-corrected chi connectivity index (χ1v) is 28.6. The van der Waals surface area contributed by atoms with Gasteiger partial charge in [-0.3, -0.25) is 0 Å². The molecule has 0 saturated carbocycles. The summed E-state index contributed by atoms with van der Waals surface area (Å²) in [5.74, 6) is -2.79. The van der Waals surface area contributed by atoms with Crippen LogP contribution in [0.1, 0.15) is 125 Å². The van der Waals surface area contributed by atoms with Crippen LogP contribution in [0.5, 0.6) is 0 Å². The van der Waals surface area contributed by atoms with Gasteiger partial charge in [-0.15, -0.1) is 0 Å². The fourth-order valence-electron chi connectivity index (χ4n) is 11.1. The van der Waals surface area contributed by atoms with Crippen LogP contribution in [-0.2, 0) is 39.6 Å². The second kappa shape index (κ2) is 26.8. The summed E-state index contributed by atoms with van der Waals surface area (Å²) in [5.41, 5.74) is 5.58. The Labute approximate surface area is 481 Å². The standard InChI is InChI=1S/C67H75N3O12/c1-45(2)54-42-68-59(53(54)41-52-32-31-47(40-46(52)3)22-19-20-36-69-37-21-33-67(44-69)34-38-70(39-35-67)65(75)82-66(4,5)6)81-64-58(80-63(74)51-29-17-10-18-30-51)57(79-62(73)50-27-15-9-16-28-50)56(78-61(72)49-25-13-8-14-26-49)55(77-64)43-76-60(71)48-23-11-7-12-24-48/h7-19,22-32,40,45,55-58,64H,20-21,33-39,41-44H2,1-6H3/b22-19+/t55-,56-,57+,58-,64+/m1/s1. The number of nitrogens with zero attached hydrogens (tertiary/aromatic N) is 3. The monoisotopic (exact) mass is 1110 g/mol. The van der Waals surface area contributed by atoms with E-state index in [4.69, 9.17) is 38.2 Å². The first-order chi connectivity index (χ1) is 39.5. The topological polar surface area (TPSA) is 169 Å². The molecule has 82 heavy (non-hydrogen) atoms. The van der Waals surface area contributed by atoms with Crippen molar-refractivity contribution >= 4 is 41.9 Å². The van der Waals surface area contributed by atoms with Crippen LogP contribution in [0.25, 0.3) is 6.08 Å². The highest BCUT2D eigenvalue weighted by atomic mass is 16.7. The molecule has 0 unspecified atom stereocenters. The Morgan fingerprint density at radius 1 is 0.695 bits per heavy atom. The number of aryl methyl sites for hydroxylation is 1. The molecule has 1 amide bonds. The summed E-state index contributed by atoms with van der Waals surface area (Å²) >= 11 is 0. The van der Waals surface area contributed by atoms with Crippen molar-refractivity contribution in [1.29, 1.82) is 0 Å². The molecule has 430 valence electrons. The molecular formula is C67H75N3O12. The van der Waals surface area contributed by atoms with Crippen LogP contribution in [0.15, 0.2) is 162 Å². The lowest BCUT2D eigenvalue weighted by molar-refractivity contribution is -0.278. The maximum Gasteiger partial charge on any atom is 0.410 e. The zero-order valence-corrected chi connectivity index (χ0v) is 47.8. The minimum absolute atomic E-state index is 0.0627. The Morgan fingerprint density at radius 2 is 1.24 bits per heavy atom. The largest absolute Gasteiger partial charge is 0.459 e. The molecule has 3 fully saturated rings. The number of ether oxygens (including phenoxy) is 7. The van der Waals surface area contributed by atoms with Gasteiger partial charge in [0.05, 0.1) is 28.8 Å². The van der Waals surface area contributed by atoms with Crippen molar-refractivity contribution in [2.24, 2.45) is 16.3 Å². The van der Waals surface area contributed by atoms with Gasteiger partial charge in [0.15, 0.2) is 12.2 Å². The number of aliphatic imine (C=N–C) groups is 1. The number of piperidine rings is 2. The van der Waals surface area contributed by atoms with Crippen LogP contribution >= 0.6 is 0 Å². The molecule has 15 nitrogen and oxygen atoms in total. The molecular weight excluding hydrogens is 1040 g/mol. The number of benzene rings is 5. The van der Waals surface area contributed by atoms with Gasteiger partial charge in [0.25, 0.3) is 0 Å². The van der Waals surface area contributed by atoms with E-state index in [1.165, 1.54) is 6.42 Å². The Bertz CT molecular complexity index is 3110. The maximum atomic E-state index is 14.3. The van der Waals surface area contributed by atoms with Crippen LogP contribution in [0, 0.1) is 18.3 Å². The minimum Gasteiger partial charge on any atom is -0.459 e. The van der Waals surface area contributed by atoms with Crippen LogP contribution in [0.4, 0.5) is 4.79 Å². The van der Waals surface area contributed by atoms with Gasteiger partial charge in [0, 0.05) is 38.2 Å². The summed E-state index contributed by atoms with van der Waals surface area (Å²) < 4.78 is 44.1.